The number of piperidine rings is 1. The largest absolute Gasteiger partial charge is 0.373 e. The lowest BCUT2D eigenvalue weighted by atomic mass is 10.0. The number of aromatic nitrogens is 1. The van der Waals surface area contributed by atoms with Crippen molar-refractivity contribution in [3.63, 3.8) is 0 Å². The van der Waals surface area contributed by atoms with Crippen LogP contribution in [0.15, 0.2) is 12.1 Å². The zero-order chi connectivity index (χ0) is 15.4. The zero-order valence-corrected chi connectivity index (χ0v) is 12.1. The maximum Gasteiger partial charge on any atom is 0.311 e. The molecule has 1 aliphatic rings. The lowest BCUT2D eigenvalue weighted by Crippen LogP contribution is -2.44. The van der Waals surface area contributed by atoms with Gasteiger partial charge in [0, 0.05) is 39.2 Å². The van der Waals surface area contributed by atoms with Crippen LogP contribution in [0.3, 0.4) is 0 Å². The van der Waals surface area contributed by atoms with Crippen molar-refractivity contribution in [2.45, 2.75) is 25.8 Å². The van der Waals surface area contributed by atoms with E-state index in [-0.39, 0.29) is 17.6 Å². The number of nitrogens with zero attached hydrogens (tertiary/aromatic N) is 3. The van der Waals surface area contributed by atoms with Crippen molar-refractivity contribution in [1.29, 1.82) is 0 Å². The minimum absolute atomic E-state index is 0.00646. The average molecular weight is 293 g/mol. The summed E-state index contributed by atoms with van der Waals surface area (Å²) in [5, 5.41) is 16.9. The van der Waals surface area contributed by atoms with E-state index in [1.54, 1.807) is 13.1 Å². The Hall–Kier alpha value is -2.38. The molecule has 2 heterocycles. The van der Waals surface area contributed by atoms with E-state index in [0.717, 1.165) is 12.8 Å². The van der Waals surface area contributed by atoms with Crippen molar-refractivity contribution in [2.24, 2.45) is 0 Å². The van der Waals surface area contributed by atoms with E-state index < -0.39 is 4.92 Å². The van der Waals surface area contributed by atoms with Crippen molar-refractivity contribution in [3.05, 3.63) is 22.2 Å². The quantitative estimate of drug-likeness (QED) is 0.637. The molecule has 0 unspecified atom stereocenters. The lowest BCUT2D eigenvalue weighted by Gasteiger charge is -2.32. The van der Waals surface area contributed by atoms with Crippen LogP contribution in [0, 0.1) is 10.1 Å². The minimum Gasteiger partial charge on any atom is -0.373 e. The molecule has 0 aliphatic carbocycles. The van der Waals surface area contributed by atoms with E-state index in [9.17, 15) is 14.9 Å². The molecule has 0 bridgehead atoms. The highest BCUT2D eigenvalue weighted by molar-refractivity contribution is 5.73. The fraction of sp³-hybridized carbons (Fsp3) is 0.538. The van der Waals surface area contributed by atoms with Crippen LogP contribution in [0.25, 0.3) is 0 Å². The van der Waals surface area contributed by atoms with E-state index in [1.165, 1.54) is 13.0 Å². The Morgan fingerprint density at radius 3 is 2.62 bits per heavy atom. The fourth-order valence-electron chi connectivity index (χ4n) is 2.48. The van der Waals surface area contributed by atoms with Crippen LogP contribution in [0.2, 0.25) is 0 Å². The molecule has 8 nitrogen and oxygen atoms in total. The Labute approximate surface area is 122 Å². The SMILES string of the molecule is CNc1ccc([N+](=O)[O-])c(N2CCC(NC(C)=O)CC2)n1. The molecule has 2 N–H and O–H groups in total. The number of hydrogen-bond donors (Lipinski definition) is 2. The van der Waals surface area contributed by atoms with E-state index in [0.29, 0.717) is 24.7 Å². The molecule has 1 fully saturated rings. The normalized spacial score (nSPS) is 15.6. The third kappa shape index (κ3) is 3.59. The Balaban J connectivity index is 2.15. The highest BCUT2D eigenvalue weighted by atomic mass is 16.6. The molecule has 0 atom stereocenters. The summed E-state index contributed by atoms with van der Waals surface area (Å²) in [6.45, 7) is 2.76. The van der Waals surface area contributed by atoms with Gasteiger partial charge in [-0.1, -0.05) is 0 Å². The molecule has 8 heteroatoms. The van der Waals surface area contributed by atoms with Gasteiger partial charge in [-0.25, -0.2) is 4.98 Å². The Morgan fingerprint density at radius 1 is 1.43 bits per heavy atom. The molecule has 1 aliphatic heterocycles. The average Bonchev–Trinajstić information content (AvgIpc) is 2.46. The lowest BCUT2D eigenvalue weighted by molar-refractivity contribution is -0.384. The predicted octanol–water partition coefficient (Wildman–Crippen LogP) is 1.14. The van der Waals surface area contributed by atoms with Crippen LogP contribution in [0.5, 0.6) is 0 Å². The molecule has 0 spiro atoms. The number of hydrogen-bond acceptors (Lipinski definition) is 6. The Morgan fingerprint density at radius 2 is 2.10 bits per heavy atom. The van der Waals surface area contributed by atoms with Crippen LogP contribution in [-0.4, -0.2) is 42.0 Å². The summed E-state index contributed by atoms with van der Waals surface area (Å²) in [7, 11) is 1.72. The molecule has 1 aromatic heterocycles. The van der Waals surface area contributed by atoms with E-state index in [1.807, 2.05) is 4.90 Å². The Bertz CT molecular complexity index is 541. The Kier molecular flexibility index (Phi) is 4.56. The van der Waals surface area contributed by atoms with Gasteiger partial charge in [0.15, 0.2) is 0 Å². The maximum atomic E-state index is 11.1. The third-order valence-corrected chi connectivity index (χ3v) is 3.51. The maximum absolute atomic E-state index is 11.1. The number of rotatable bonds is 4. The number of carbonyl (C=O) groups excluding carboxylic acids is 1. The number of amides is 1. The topological polar surface area (TPSA) is 100 Å². The molecule has 2 rings (SSSR count). The number of anilines is 2. The van der Waals surface area contributed by atoms with Gasteiger partial charge in [0.1, 0.15) is 5.82 Å². The van der Waals surface area contributed by atoms with Gasteiger partial charge >= 0.3 is 5.69 Å². The van der Waals surface area contributed by atoms with Gasteiger partial charge in [-0.15, -0.1) is 0 Å². The molecule has 1 saturated heterocycles. The molecule has 114 valence electrons. The molecule has 0 aromatic carbocycles. The van der Waals surface area contributed by atoms with Gasteiger partial charge < -0.3 is 15.5 Å². The second-order valence-electron chi connectivity index (χ2n) is 5.01. The standard InChI is InChI=1S/C13H19N5O3/c1-9(19)15-10-5-7-17(8-6-10)13-11(18(20)21)3-4-12(14-2)16-13/h3-4,10H,5-8H2,1-2H3,(H,14,16)(H,15,19). The van der Waals surface area contributed by atoms with Crippen LogP contribution in [-0.2, 0) is 4.79 Å². The molecule has 1 aromatic rings. The van der Waals surface area contributed by atoms with Gasteiger partial charge in [0.25, 0.3) is 0 Å². The van der Waals surface area contributed by atoms with Gasteiger partial charge in [0.05, 0.1) is 4.92 Å². The highest BCUT2D eigenvalue weighted by Crippen LogP contribution is 2.29. The number of nitro groups is 1. The minimum atomic E-state index is -0.415. The summed E-state index contributed by atoms with van der Waals surface area (Å²) in [5.41, 5.74) is 0.00646. The monoisotopic (exact) mass is 293 g/mol. The molecule has 0 saturated carbocycles. The van der Waals surface area contributed by atoms with Gasteiger partial charge in [-0.2, -0.15) is 0 Å². The first-order chi connectivity index (χ1) is 10.0. The summed E-state index contributed by atoms with van der Waals surface area (Å²) < 4.78 is 0. The second-order valence-corrected chi connectivity index (χ2v) is 5.01. The van der Waals surface area contributed by atoms with Crippen LogP contribution in [0.4, 0.5) is 17.3 Å². The predicted molar refractivity (Wildman–Crippen MR) is 79.5 cm³/mol. The van der Waals surface area contributed by atoms with Crippen LogP contribution < -0.4 is 15.5 Å². The summed E-state index contributed by atoms with van der Waals surface area (Å²) >= 11 is 0. The second kappa shape index (κ2) is 6.38. The molecular weight excluding hydrogens is 274 g/mol. The number of pyridine rings is 1. The van der Waals surface area contributed by atoms with Crippen LogP contribution in [0.1, 0.15) is 19.8 Å². The van der Waals surface area contributed by atoms with Crippen molar-refractivity contribution in [1.82, 2.24) is 10.3 Å². The number of nitrogens with one attached hydrogen (secondary N) is 2. The van der Waals surface area contributed by atoms with E-state index in [4.69, 9.17) is 0 Å². The summed E-state index contributed by atoms with van der Waals surface area (Å²) in [4.78, 5) is 28.0. The molecule has 21 heavy (non-hydrogen) atoms. The summed E-state index contributed by atoms with van der Waals surface area (Å²) in [6.07, 6.45) is 1.50. The molecule has 0 radical (unpaired) electrons. The van der Waals surface area contributed by atoms with Crippen molar-refractivity contribution in [3.8, 4) is 0 Å². The first-order valence-electron chi connectivity index (χ1n) is 6.86. The van der Waals surface area contributed by atoms with Crippen molar-refractivity contribution < 1.29 is 9.72 Å². The highest BCUT2D eigenvalue weighted by Gasteiger charge is 2.26. The first-order valence-corrected chi connectivity index (χ1v) is 6.86. The summed E-state index contributed by atoms with van der Waals surface area (Å²) in [5.74, 6) is 0.933. The fourth-order valence-corrected chi connectivity index (χ4v) is 2.48. The van der Waals surface area contributed by atoms with Crippen molar-refractivity contribution in [2.75, 3.05) is 30.4 Å². The first kappa shape index (κ1) is 15.0. The smallest absolute Gasteiger partial charge is 0.311 e. The molecular formula is C13H19N5O3. The van der Waals surface area contributed by atoms with Crippen LogP contribution >= 0.6 is 0 Å². The van der Waals surface area contributed by atoms with Gasteiger partial charge in [-0.3, -0.25) is 14.9 Å². The number of carbonyl (C=O) groups is 1. The van der Waals surface area contributed by atoms with Gasteiger partial charge in [0.2, 0.25) is 11.7 Å². The van der Waals surface area contributed by atoms with E-state index in [2.05, 4.69) is 15.6 Å². The summed E-state index contributed by atoms with van der Waals surface area (Å²) in [6, 6.07) is 3.19. The van der Waals surface area contributed by atoms with Gasteiger partial charge in [-0.05, 0) is 18.9 Å². The van der Waals surface area contributed by atoms with E-state index >= 15 is 0 Å². The third-order valence-electron chi connectivity index (χ3n) is 3.51. The zero-order valence-electron chi connectivity index (χ0n) is 12.1. The van der Waals surface area contributed by atoms with Crippen molar-refractivity contribution >= 4 is 23.2 Å². The molecule has 1 amide bonds.